The standard InChI is InChI=1S/C23H23FN4O3/c1-15-13-27(14-16(2)31-15)23(30)20-12-25-28(19-9-4-3-5-10-19)21(20)26-22(29)17-7-6-8-18(24)11-17/h3-12,15-16H,13-14H2,1-2H3,(H,26,29)/t15-,16-/m0/s1. The van der Waals surface area contributed by atoms with Gasteiger partial charge < -0.3 is 15.0 Å². The molecular weight excluding hydrogens is 399 g/mol. The molecule has 1 aliphatic rings. The smallest absolute Gasteiger partial charge is 0.259 e. The second-order valence-corrected chi connectivity index (χ2v) is 7.59. The lowest BCUT2D eigenvalue weighted by molar-refractivity contribution is -0.0585. The van der Waals surface area contributed by atoms with Gasteiger partial charge in [-0.25, -0.2) is 9.07 Å². The zero-order valence-corrected chi connectivity index (χ0v) is 17.3. The van der Waals surface area contributed by atoms with E-state index in [-0.39, 0.29) is 35.1 Å². The molecule has 1 aromatic heterocycles. The molecule has 1 aliphatic heterocycles. The van der Waals surface area contributed by atoms with Gasteiger partial charge in [0.25, 0.3) is 11.8 Å². The fraction of sp³-hybridized carbons (Fsp3) is 0.261. The number of anilines is 1. The quantitative estimate of drug-likeness (QED) is 0.698. The van der Waals surface area contributed by atoms with Crippen LogP contribution in [-0.2, 0) is 4.74 Å². The van der Waals surface area contributed by atoms with E-state index in [2.05, 4.69) is 10.4 Å². The number of aromatic nitrogens is 2. The largest absolute Gasteiger partial charge is 0.372 e. The molecule has 160 valence electrons. The van der Waals surface area contributed by atoms with Crippen LogP contribution in [0.4, 0.5) is 10.2 Å². The van der Waals surface area contributed by atoms with Crippen LogP contribution in [0.25, 0.3) is 5.69 Å². The SMILES string of the molecule is C[C@H]1CN(C(=O)c2cnn(-c3ccccc3)c2NC(=O)c2cccc(F)c2)C[C@H](C)O1. The molecule has 1 saturated heterocycles. The normalized spacial score (nSPS) is 18.6. The minimum atomic E-state index is -0.532. The molecule has 0 spiro atoms. The van der Waals surface area contributed by atoms with Crippen molar-refractivity contribution in [3.05, 3.63) is 77.7 Å². The molecule has 3 aromatic rings. The fourth-order valence-corrected chi connectivity index (χ4v) is 3.71. The van der Waals surface area contributed by atoms with Crippen molar-refractivity contribution < 1.29 is 18.7 Å². The van der Waals surface area contributed by atoms with E-state index >= 15 is 0 Å². The Labute approximate surface area is 179 Å². The summed E-state index contributed by atoms with van der Waals surface area (Å²) in [4.78, 5) is 27.9. The summed E-state index contributed by atoms with van der Waals surface area (Å²) in [6.45, 7) is 4.71. The molecular formula is C23H23FN4O3. The van der Waals surface area contributed by atoms with Crippen LogP contribution in [0.2, 0.25) is 0 Å². The summed E-state index contributed by atoms with van der Waals surface area (Å²) in [5.74, 6) is -1.07. The molecule has 0 saturated carbocycles. The lowest BCUT2D eigenvalue weighted by Crippen LogP contribution is -2.48. The molecule has 7 nitrogen and oxygen atoms in total. The molecule has 0 radical (unpaired) electrons. The van der Waals surface area contributed by atoms with Crippen molar-refractivity contribution in [2.24, 2.45) is 0 Å². The maximum Gasteiger partial charge on any atom is 0.259 e. The van der Waals surface area contributed by atoms with Gasteiger partial charge in [-0.05, 0) is 44.2 Å². The highest BCUT2D eigenvalue weighted by Crippen LogP contribution is 2.24. The number of amides is 2. The fourth-order valence-electron chi connectivity index (χ4n) is 3.71. The molecule has 31 heavy (non-hydrogen) atoms. The Morgan fingerprint density at radius 2 is 1.77 bits per heavy atom. The van der Waals surface area contributed by atoms with Gasteiger partial charge in [0.15, 0.2) is 0 Å². The Morgan fingerprint density at radius 3 is 2.45 bits per heavy atom. The lowest BCUT2D eigenvalue weighted by atomic mass is 10.1. The molecule has 0 aliphatic carbocycles. The first-order chi connectivity index (χ1) is 14.9. The second-order valence-electron chi connectivity index (χ2n) is 7.59. The van der Waals surface area contributed by atoms with Gasteiger partial charge in [-0.15, -0.1) is 0 Å². The maximum absolute atomic E-state index is 13.6. The number of rotatable bonds is 4. The number of ether oxygens (including phenoxy) is 1. The molecule has 1 N–H and O–H groups in total. The Hall–Kier alpha value is -3.52. The highest BCUT2D eigenvalue weighted by molar-refractivity contribution is 6.08. The monoisotopic (exact) mass is 422 g/mol. The van der Waals surface area contributed by atoms with Gasteiger partial charge in [0.05, 0.1) is 24.1 Å². The lowest BCUT2D eigenvalue weighted by Gasteiger charge is -2.35. The van der Waals surface area contributed by atoms with E-state index in [1.807, 2.05) is 44.2 Å². The number of halogens is 1. The Kier molecular flexibility index (Phi) is 5.81. The molecule has 0 unspecified atom stereocenters. The average molecular weight is 422 g/mol. The summed E-state index contributed by atoms with van der Waals surface area (Å²) in [5.41, 5.74) is 1.09. The van der Waals surface area contributed by atoms with E-state index in [0.29, 0.717) is 18.8 Å². The number of benzene rings is 2. The van der Waals surface area contributed by atoms with Gasteiger partial charge in [-0.1, -0.05) is 24.3 Å². The summed E-state index contributed by atoms with van der Waals surface area (Å²) >= 11 is 0. The number of hydrogen-bond donors (Lipinski definition) is 1. The number of carbonyl (C=O) groups excluding carboxylic acids is 2. The van der Waals surface area contributed by atoms with Crippen molar-refractivity contribution in [2.45, 2.75) is 26.1 Å². The molecule has 2 aromatic carbocycles. The van der Waals surface area contributed by atoms with E-state index < -0.39 is 11.7 Å². The van der Waals surface area contributed by atoms with Gasteiger partial charge in [0, 0.05) is 18.7 Å². The number of para-hydroxylation sites is 1. The highest BCUT2D eigenvalue weighted by Gasteiger charge is 2.30. The van der Waals surface area contributed by atoms with Gasteiger partial charge in [-0.3, -0.25) is 9.59 Å². The molecule has 4 rings (SSSR count). The molecule has 8 heteroatoms. The summed E-state index contributed by atoms with van der Waals surface area (Å²) in [7, 11) is 0. The third kappa shape index (κ3) is 4.49. The van der Waals surface area contributed by atoms with Gasteiger partial charge in [0.1, 0.15) is 17.2 Å². The van der Waals surface area contributed by atoms with E-state index in [0.717, 1.165) is 6.07 Å². The number of hydrogen-bond acceptors (Lipinski definition) is 4. The molecule has 1 fully saturated rings. The topological polar surface area (TPSA) is 76.5 Å². The molecule has 2 amide bonds. The van der Waals surface area contributed by atoms with Gasteiger partial charge in [-0.2, -0.15) is 5.10 Å². The second kappa shape index (κ2) is 8.69. The van der Waals surface area contributed by atoms with Crippen LogP contribution >= 0.6 is 0 Å². The van der Waals surface area contributed by atoms with Crippen molar-refractivity contribution in [3.63, 3.8) is 0 Å². The van der Waals surface area contributed by atoms with E-state index in [9.17, 15) is 14.0 Å². The van der Waals surface area contributed by atoms with Crippen LogP contribution in [0.1, 0.15) is 34.6 Å². The highest BCUT2D eigenvalue weighted by atomic mass is 19.1. The summed E-state index contributed by atoms with van der Waals surface area (Å²) in [6.07, 6.45) is 1.26. The zero-order chi connectivity index (χ0) is 22.0. The predicted molar refractivity (Wildman–Crippen MR) is 114 cm³/mol. The summed E-state index contributed by atoms with van der Waals surface area (Å²) < 4.78 is 20.8. The molecule has 2 heterocycles. The Balaban J connectivity index is 1.71. The van der Waals surface area contributed by atoms with Crippen LogP contribution in [0, 0.1) is 5.82 Å². The third-order valence-electron chi connectivity index (χ3n) is 5.03. The van der Waals surface area contributed by atoms with Crippen molar-refractivity contribution in [3.8, 4) is 5.69 Å². The average Bonchev–Trinajstić information content (AvgIpc) is 3.16. The third-order valence-corrected chi connectivity index (χ3v) is 5.03. The van der Waals surface area contributed by atoms with Crippen LogP contribution in [0.5, 0.6) is 0 Å². The summed E-state index contributed by atoms with van der Waals surface area (Å²) in [5, 5.41) is 7.11. The van der Waals surface area contributed by atoms with Crippen molar-refractivity contribution in [2.75, 3.05) is 18.4 Å². The van der Waals surface area contributed by atoms with Crippen molar-refractivity contribution >= 4 is 17.6 Å². The van der Waals surface area contributed by atoms with Gasteiger partial charge >= 0.3 is 0 Å². The van der Waals surface area contributed by atoms with Crippen LogP contribution < -0.4 is 5.32 Å². The number of morpholine rings is 1. The van der Waals surface area contributed by atoms with Crippen LogP contribution in [-0.4, -0.2) is 51.8 Å². The number of nitrogens with zero attached hydrogens (tertiary/aromatic N) is 3. The maximum atomic E-state index is 13.6. The van der Waals surface area contributed by atoms with E-state index in [4.69, 9.17) is 4.74 Å². The first kappa shape index (κ1) is 20.7. The first-order valence-corrected chi connectivity index (χ1v) is 10.1. The molecule has 0 bridgehead atoms. The van der Waals surface area contributed by atoms with E-state index in [1.54, 1.807) is 4.90 Å². The van der Waals surface area contributed by atoms with E-state index in [1.165, 1.54) is 29.1 Å². The Morgan fingerprint density at radius 1 is 1.06 bits per heavy atom. The van der Waals surface area contributed by atoms with Crippen LogP contribution in [0.3, 0.4) is 0 Å². The minimum Gasteiger partial charge on any atom is -0.372 e. The van der Waals surface area contributed by atoms with Crippen LogP contribution in [0.15, 0.2) is 60.8 Å². The van der Waals surface area contributed by atoms with Gasteiger partial charge in [0.2, 0.25) is 0 Å². The number of carbonyl (C=O) groups is 2. The van der Waals surface area contributed by atoms with Crippen molar-refractivity contribution in [1.82, 2.24) is 14.7 Å². The predicted octanol–water partition coefficient (Wildman–Crippen LogP) is 3.51. The minimum absolute atomic E-state index is 0.0952. The first-order valence-electron chi connectivity index (χ1n) is 10.1. The molecule has 2 atom stereocenters. The Bertz CT molecular complexity index is 1090. The van der Waals surface area contributed by atoms with Crippen molar-refractivity contribution in [1.29, 1.82) is 0 Å². The zero-order valence-electron chi connectivity index (χ0n) is 17.3. The summed E-state index contributed by atoms with van der Waals surface area (Å²) in [6, 6.07) is 14.5. The number of nitrogens with one attached hydrogen (secondary N) is 1.